The number of allylic oxidation sites excluding steroid dienone is 2. The summed E-state index contributed by atoms with van der Waals surface area (Å²) in [6.07, 6.45) is 46.3. The normalized spacial score (nSPS) is 13.3. The van der Waals surface area contributed by atoms with Crippen LogP contribution in [0.2, 0.25) is 6.04 Å². The van der Waals surface area contributed by atoms with Crippen LogP contribution in [-0.4, -0.2) is 35.7 Å². The summed E-state index contributed by atoms with van der Waals surface area (Å²) >= 11 is 0. The largest absolute Gasteiger partial charge is 0.500 e. The molecule has 0 spiro atoms. The van der Waals surface area contributed by atoms with E-state index in [1.54, 1.807) is 21.3 Å². The van der Waals surface area contributed by atoms with Crippen LogP contribution < -0.4 is 5.73 Å². The monoisotopic (exact) mass is 690 g/mol. The van der Waals surface area contributed by atoms with Gasteiger partial charge in [0.15, 0.2) is 0 Å². The Bertz CT molecular complexity index is 611. The lowest BCUT2D eigenvalue weighted by molar-refractivity contribution is 0.121. The van der Waals surface area contributed by atoms with Crippen molar-refractivity contribution in [3.8, 4) is 0 Å². The van der Waals surface area contributed by atoms with Crippen molar-refractivity contribution in [3.05, 3.63) is 12.2 Å². The highest BCUT2D eigenvalue weighted by molar-refractivity contribution is 6.60. The Balaban J connectivity index is 0. The van der Waals surface area contributed by atoms with Gasteiger partial charge in [0, 0.05) is 32.9 Å². The average molecular weight is 691 g/mol. The maximum Gasteiger partial charge on any atom is 0.500 e. The standard InChI is InChI=1S/C40H83NO3Si.ClH/c1-6-8-10-12-14-16-18-20-22-24-26-28-30-32-34-37-40(41,38-35-39-45(42-3,43-4)44-5)36-33-31-29-27-25-23-21-19-17-15-13-11-9-7-2;/h20,22H,6-19,21,23-39,41H2,1-5H3;1H/b22-20-;. The number of hydrogen-bond donors (Lipinski definition) is 1. The second-order valence-corrected chi connectivity index (χ2v) is 17.3. The molecule has 0 bridgehead atoms. The predicted molar refractivity (Wildman–Crippen MR) is 209 cm³/mol. The first-order valence-electron chi connectivity index (χ1n) is 20.1. The average Bonchev–Trinajstić information content (AvgIpc) is 3.05. The zero-order chi connectivity index (χ0) is 33.2. The predicted octanol–water partition coefficient (Wildman–Crippen LogP) is 13.7. The van der Waals surface area contributed by atoms with Gasteiger partial charge in [-0.25, -0.2) is 0 Å². The highest BCUT2D eigenvalue weighted by atomic mass is 35.5. The summed E-state index contributed by atoms with van der Waals surface area (Å²) in [7, 11) is 2.62. The zero-order valence-corrected chi connectivity index (χ0v) is 33.8. The third kappa shape index (κ3) is 30.2. The van der Waals surface area contributed by atoms with Crippen molar-refractivity contribution in [2.45, 2.75) is 224 Å². The van der Waals surface area contributed by atoms with Gasteiger partial charge in [-0.3, -0.25) is 0 Å². The fourth-order valence-corrected chi connectivity index (χ4v) is 8.53. The van der Waals surface area contributed by atoms with E-state index in [1.165, 1.54) is 173 Å². The molecule has 46 heavy (non-hydrogen) atoms. The molecule has 1 unspecified atom stereocenters. The van der Waals surface area contributed by atoms with Crippen molar-refractivity contribution >= 4 is 21.2 Å². The number of hydrogen-bond acceptors (Lipinski definition) is 4. The Morgan fingerprint density at radius 3 is 1.04 bits per heavy atom. The SMILES string of the molecule is CCCCCCCC/C=C\CCCCCCCC(N)(CCCCCCCCCCCCCCCC)CCC[Si](OC)(OC)OC.Cl. The van der Waals surface area contributed by atoms with Gasteiger partial charge in [0.25, 0.3) is 0 Å². The van der Waals surface area contributed by atoms with Crippen LogP contribution in [-0.2, 0) is 13.3 Å². The van der Waals surface area contributed by atoms with Crippen molar-refractivity contribution in [1.29, 1.82) is 0 Å². The molecule has 0 rings (SSSR count). The minimum atomic E-state index is -2.53. The summed E-state index contributed by atoms with van der Waals surface area (Å²) in [4.78, 5) is 0. The maximum atomic E-state index is 7.14. The number of unbranched alkanes of at least 4 members (excludes halogenated alkanes) is 24. The van der Waals surface area contributed by atoms with Crippen LogP contribution in [0.1, 0.15) is 213 Å². The van der Waals surface area contributed by atoms with Gasteiger partial charge >= 0.3 is 8.80 Å². The summed E-state index contributed by atoms with van der Waals surface area (Å²) in [5.41, 5.74) is 7.07. The minimum absolute atomic E-state index is 0. The van der Waals surface area contributed by atoms with Crippen molar-refractivity contribution in [1.82, 2.24) is 0 Å². The Kier molecular flexibility index (Phi) is 38.1. The van der Waals surface area contributed by atoms with Crippen LogP contribution in [0.3, 0.4) is 0 Å². The van der Waals surface area contributed by atoms with Crippen molar-refractivity contribution in [3.63, 3.8) is 0 Å². The summed E-state index contributed by atoms with van der Waals surface area (Å²) in [5, 5.41) is 0. The van der Waals surface area contributed by atoms with E-state index >= 15 is 0 Å². The molecule has 0 saturated carbocycles. The smallest absolute Gasteiger partial charge is 0.377 e. The lowest BCUT2D eigenvalue weighted by atomic mass is 9.83. The summed E-state index contributed by atoms with van der Waals surface area (Å²) < 4.78 is 17.0. The molecule has 2 N–H and O–H groups in total. The first kappa shape index (κ1) is 48.2. The molecule has 4 nitrogen and oxygen atoms in total. The molecule has 0 saturated heterocycles. The van der Waals surface area contributed by atoms with E-state index in [0.29, 0.717) is 0 Å². The molecule has 0 aromatic heterocycles. The van der Waals surface area contributed by atoms with E-state index < -0.39 is 8.80 Å². The molecule has 0 amide bonds. The number of nitrogens with two attached hydrogens (primary N) is 1. The van der Waals surface area contributed by atoms with Crippen molar-refractivity contribution in [2.24, 2.45) is 5.73 Å². The van der Waals surface area contributed by atoms with E-state index in [2.05, 4.69) is 26.0 Å². The van der Waals surface area contributed by atoms with Crippen molar-refractivity contribution in [2.75, 3.05) is 21.3 Å². The topological polar surface area (TPSA) is 53.7 Å². The van der Waals surface area contributed by atoms with Gasteiger partial charge in [0.2, 0.25) is 0 Å². The first-order chi connectivity index (χ1) is 22.0. The molecule has 0 aromatic rings. The molecule has 0 heterocycles. The first-order valence-corrected chi connectivity index (χ1v) is 22.0. The molecule has 278 valence electrons. The molecular weight excluding hydrogens is 606 g/mol. The minimum Gasteiger partial charge on any atom is -0.377 e. The van der Waals surface area contributed by atoms with E-state index in [1.807, 2.05) is 0 Å². The molecule has 0 aromatic carbocycles. The molecule has 0 aliphatic rings. The highest BCUT2D eigenvalue weighted by Gasteiger charge is 2.38. The van der Waals surface area contributed by atoms with Gasteiger partial charge < -0.3 is 19.0 Å². The summed E-state index contributed by atoms with van der Waals surface area (Å²) in [6.45, 7) is 4.59. The van der Waals surface area contributed by atoms with Gasteiger partial charge in [0.1, 0.15) is 0 Å². The van der Waals surface area contributed by atoms with Crippen LogP contribution in [0.25, 0.3) is 0 Å². The molecule has 0 aliphatic carbocycles. The third-order valence-corrected chi connectivity index (χ3v) is 12.9. The fourth-order valence-electron chi connectivity index (χ4n) is 6.81. The molecule has 0 aliphatic heterocycles. The Morgan fingerprint density at radius 1 is 0.435 bits per heavy atom. The maximum absolute atomic E-state index is 7.14. The molecule has 0 fully saturated rings. The summed E-state index contributed by atoms with van der Waals surface area (Å²) in [6, 6.07) is 0.848. The van der Waals surface area contributed by atoms with Gasteiger partial charge in [-0.05, 0) is 51.4 Å². The van der Waals surface area contributed by atoms with E-state index in [4.69, 9.17) is 19.0 Å². The molecular formula is C40H84ClNO3Si. The second kappa shape index (κ2) is 36.4. The lowest BCUT2D eigenvalue weighted by Gasteiger charge is -2.32. The van der Waals surface area contributed by atoms with Crippen LogP contribution in [0.5, 0.6) is 0 Å². The van der Waals surface area contributed by atoms with Gasteiger partial charge in [-0.15, -0.1) is 12.4 Å². The van der Waals surface area contributed by atoms with Crippen LogP contribution in [0, 0.1) is 0 Å². The van der Waals surface area contributed by atoms with E-state index in [9.17, 15) is 0 Å². The Morgan fingerprint density at radius 2 is 0.717 bits per heavy atom. The van der Waals surface area contributed by atoms with E-state index in [0.717, 1.165) is 31.7 Å². The van der Waals surface area contributed by atoms with Crippen molar-refractivity contribution < 1.29 is 13.3 Å². The van der Waals surface area contributed by atoms with Crippen LogP contribution in [0.4, 0.5) is 0 Å². The Hall–Kier alpha value is 0.0869. The highest BCUT2D eigenvalue weighted by Crippen LogP contribution is 2.28. The van der Waals surface area contributed by atoms with Gasteiger partial charge in [-0.1, -0.05) is 174 Å². The zero-order valence-electron chi connectivity index (χ0n) is 32.0. The molecule has 6 heteroatoms. The lowest BCUT2D eigenvalue weighted by Crippen LogP contribution is -2.44. The van der Waals surface area contributed by atoms with Crippen LogP contribution >= 0.6 is 12.4 Å². The quantitative estimate of drug-likeness (QED) is 0.0401. The third-order valence-electron chi connectivity index (χ3n) is 10.1. The Labute approximate surface area is 297 Å². The van der Waals surface area contributed by atoms with Gasteiger partial charge in [-0.2, -0.15) is 0 Å². The van der Waals surface area contributed by atoms with Crippen LogP contribution in [0.15, 0.2) is 12.2 Å². The number of rotatable bonds is 37. The second-order valence-electron chi connectivity index (χ2n) is 14.2. The van der Waals surface area contributed by atoms with Gasteiger partial charge in [0.05, 0.1) is 0 Å². The molecule has 1 atom stereocenters. The van der Waals surface area contributed by atoms with E-state index in [-0.39, 0.29) is 17.9 Å². The summed E-state index contributed by atoms with van der Waals surface area (Å²) in [5.74, 6) is 0. The fraction of sp³-hybridized carbons (Fsp3) is 0.950. The molecule has 0 radical (unpaired) electrons. The number of halogens is 1.